The molecule has 0 spiro atoms. The molecule has 0 aliphatic heterocycles. The van der Waals surface area contributed by atoms with E-state index in [1.807, 2.05) is 0 Å². The molecule has 0 aromatic carbocycles. The van der Waals surface area contributed by atoms with Crippen LogP contribution in [0.3, 0.4) is 0 Å². The van der Waals surface area contributed by atoms with Gasteiger partial charge in [-0.2, -0.15) is 0 Å². The monoisotopic (exact) mass is 212 g/mol. The number of rotatable bonds is 2. The van der Waals surface area contributed by atoms with Gasteiger partial charge in [-0.3, -0.25) is 9.59 Å². The van der Waals surface area contributed by atoms with Gasteiger partial charge in [0.1, 0.15) is 12.2 Å². The maximum atomic E-state index is 10.9. The Labute approximate surface area is 88.9 Å². The molecule has 0 unspecified atom stereocenters. The summed E-state index contributed by atoms with van der Waals surface area (Å²) in [5.41, 5.74) is 0. The standard InChI is InChI=1S/C11H16O4/c1-6(12)14-10-5-8-3-4-9(10)11(8)15-7(2)13/h8-11H,3-5H2,1-2H3/t8-,9+,10-,11+/m1/s1. The quantitative estimate of drug-likeness (QED) is 0.647. The molecule has 2 fully saturated rings. The molecule has 2 aliphatic rings. The molecule has 0 aromatic rings. The molecule has 0 heterocycles. The largest absolute Gasteiger partial charge is 0.462 e. The summed E-state index contributed by atoms with van der Waals surface area (Å²) in [4.78, 5) is 21.8. The number of esters is 2. The van der Waals surface area contributed by atoms with Gasteiger partial charge in [0, 0.05) is 19.8 Å². The fourth-order valence-electron chi connectivity index (χ4n) is 2.93. The van der Waals surface area contributed by atoms with Gasteiger partial charge in [-0.25, -0.2) is 0 Å². The molecule has 4 heteroatoms. The minimum atomic E-state index is -0.242. The van der Waals surface area contributed by atoms with Crippen molar-refractivity contribution in [3.8, 4) is 0 Å². The fourth-order valence-corrected chi connectivity index (χ4v) is 2.93. The Morgan fingerprint density at radius 1 is 1.07 bits per heavy atom. The van der Waals surface area contributed by atoms with Crippen LogP contribution in [-0.4, -0.2) is 24.1 Å². The zero-order chi connectivity index (χ0) is 11.0. The normalized spacial score (nSPS) is 37.7. The highest BCUT2D eigenvalue weighted by molar-refractivity contribution is 5.67. The van der Waals surface area contributed by atoms with Gasteiger partial charge >= 0.3 is 11.9 Å². The lowest BCUT2D eigenvalue weighted by Crippen LogP contribution is -2.27. The lowest BCUT2D eigenvalue weighted by Gasteiger charge is -2.21. The second-order valence-electron chi connectivity index (χ2n) is 4.46. The topological polar surface area (TPSA) is 52.6 Å². The van der Waals surface area contributed by atoms with Gasteiger partial charge in [0.2, 0.25) is 0 Å². The first-order chi connectivity index (χ1) is 7.08. The van der Waals surface area contributed by atoms with Crippen LogP contribution in [0.25, 0.3) is 0 Å². The second-order valence-corrected chi connectivity index (χ2v) is 4.46. The minimum Gasteiger partial charge on any atom is -0.462 e. The van der Waals surface area contributed by atoms with Crippen LogP contribution in [0, 0.1) is 11.8 Å². The van der Waals surface area contributed by atoms with Gasteiger partial charge in [0.15, 0.2) is 0 Å². The molecule has 0 aromatic heterocycles. The Hall–Kier alpha value is -1.06. The third-order valence-electron chi connectivity index (χ3n) is 3.39. The molecule has 0 radical (unpaired) electrons. The molecule has 0 saturated heterocycles. The van der Waals surface area contributed by atoms with E-state index in [9.17, 15) is 9.59 Å². The van der Waals surface area contributed by atoms with Crippen LogP contribution >= 0.6 is 0 Å². The average Bonchev–Trinajstić information content (AvgIpc) is 2.60. The molecule has 4 nitrogen and oxygen atoms in total. The minimum absolute atomic E-state index is 0.0214. The van der Waals surface area contributed by atoms with Gasteiger partial charge in [-0.15, -0.1) is 0 Å². The molecule has 84 valence electrons. The second kappa shape index (κ2) is 3.83. The SMILES string of the molecule is CC(=O)O[C@H]1[C@@H]2CC[C@H]1[C@H](OC(C)=O)C2. The van der Waals surface area contributed by atoms with Crippen molar-refractivity contribution in [1.29, 1.82) is 0 Å². The van der Waals surface area contributed by atoms with E-state index in [0.29, 0.717) is 5.92 Å². The number of carbonyl (C=O) groups is 2. The van der Waals surface area contributed by atoms with Crippen LogP contribution in [0.1, 0.15) is 33.1 Å². The van der Waals surface area contributed by atoms with Crippen LogP contribution in [0.5, 0.6) is 0 Å². The number of carbonyl (C=O) groups excluding carboxylic acids is 2. The van der Waals surface area contributed by atoms with E-state index >= 15 is 0 Å². The summed E-state index contributed by atoms with van der Waals surface area (Å²) in [7, 11) is 0. The van der Waals surface area contributed by atoms with Gasteiger partial charge in [-0.1, -0.05) is 0 Å². The summed E-state index contributed by atoms with van der Waals surface area (Å²) in [6, 6.07) is 0. The molecule has 15 heavy (non-hydrogen) atoms. The van der Waals surface area contributed by atoms with E-state index in [-0.39, 0.29) is 30.1 Å². The molecule has 2 saturated carbocycles. The van der Waals surface area contributed by atoms with Gasteiger partial charge < -0.3 is 9.47 Å². The Morgan fingerprint density at radius 3 is 2.33 bits per heavy atom. The molecule has 2 rings (SSSR count). The smallest absolute Gasteiger partial charge is 0.302 e. The Balaban J connectivity index is 1.99. The van der Waals surface area contributed by atoms with Crippen molar-refractivity contribution >= 4 is 11.9 Å². The first-order valence-corrected chi connectivity index (χ1v) is 5.42. The first kappa shape index (κ1) is 10.5. The van der Waals surface area contributed by atoms with Crippen molar-refractivity contribution < 1.29 is 19.1 Å². The van der Waals surface area contributed by atoms with Crippen molar-refractivity contribution in [3.63, 3.8) is 0 Å². The number of fused-ring (bicyclic) bond motifs is 2. The number of hydrogen-bond acceptors (Lipinski definition) is 4. The molecule has 2 bridgehead atoms. The highest BCUT2D eigenvalue weighted by Crippen LogP contribution is 2.47. The van der Waals surface area contributed by atoms with Crippen LogP contribution in [0.2, 0.25) is 0 Å². The zero-order valence-corrected chi connectivity index (χ0v) is 9.06. The van der Waals surface area contributed by atoms with Crippen molar-refractivity contribution in [3.05, 3.63) is 0 Å². The van der Waals surface area contributed by atoms with E-state index < -0.39 is 0 Å². The molecular formula is C11H16O4. The Kier molecular flexibility index (Phi) is 2.67. The summed E-state index contributed by atoms with van der Waals surface area (Å²) in [6.07, 6.45) is 2.88. The summed E-state index contributed by atoms with van der Waals surface area (Å²) >= 11 is 0. The molecule has 0 amide bonds. The lowest BCUT2D eigenvalue weighted by molar-refractivity contribution is -0.152. The highest BCUT2D eigenvalue weighted by atomic mass is 16.6. The Morgan fingerprint density at radius 2 is 1.73 bits per heavy atom. The predicted molar refractivity (Wildman–Crippen MR) is 51.9 cm³/mol. The summed E-state index contributed by atoms with van der Waals surface area (Å²) in [5.74, 6) is 0.139. The maximum absolute atomic E-state index is 10.9. The van der Waals surface area contributed by atoms with Crippen molar-refractivity contribution in [2.24, 2.45) is 11.8 Å². The summed E-state index contributed by atoms with van der Waals surface area (Å²) in [6.45, 7) is 2.85. The van der Waals surface area contributed by atoms with Crippen molar-refractivity contribution in [2.75, 3.05) is 0 Å². The molecule has 4 atom stereocenters. The third-order valence-corrected chi connectivity index (χ3v) is 3.39. The Bertz CT molecular complexity index is 286. The van der Waals surface area contributed by atoms with E-state index in [4.69, 9.17) is 9.47 Å². The fraction of sp³-hybridized carbons (Fsp3) is 0.818. The molecule has 2 aliphatic carbocycles. The highest BCUT2D eigenvalue weighted by Gasteiger charge is 2.51. The van der Waals surface area contributed by atoms with E-state index in [2.05, 4.69) is 0 Å². The number of hydrogen-bond donors (Lipinski definition) is 0. The summed E-state index contributed by atoms with van der Waals surface area (Å²) in [5, 5.41) is 0. The van der Waals surface area contributed by atoms with Gasteiger partial charge in [0.25, 0.3) is 0 Å². The van der Waals surface area contributed by atoms with E-state index in [1.165, 1.54) is 13.8 Å². The van der Waals surface area contributed by atoms with Crippen LogP contribution in [-0.2, 0) is 19.1 Å². The van der Waals surface area contributed by atoms with Crippen LogP contribution in [0.4, 0.5) is 0 Å². The zero-order valence-electron chi connectivity index (χ0n) is 9.06. The first-order valence-electron chi connectivity index (χ1n) is 5.42. The van der Waals surface area contributed by atoms with Crippen molar-refractivity contribution in [2.45, 2.75) is 45.3 Å². The predicted octanol–water partition coefficient (Wildman–Crippen LogP) is 1.28. The van der Waals surface area contributed by atoms with E-state index in [1.54, 1.807) is 0 Å². The molecule has 0 N–H and O–H groups in total. The number of ether oxygens (including phenoxy) is 2. The third kappa shape index (κ3) is 1.98. The van der Waals surface area contributed by atoms with Gasteiger partial charge in [-0.05, 0) is 25.2 Å². The van der Waals surface area contributed by atoms with Gasteiger partial charge in [0.05, 0.1) is 0 Å². The lowest BCUT2D eigenvalue weighted by atomic mass is 9.98. The summed E-state index contributed by atoms with van der Waals surface area (Å²) < 4.78 is 10.5. The van der Waals surface area contributed by atoms with Crippen molar-refractivity contribution in [1.82, 2.24) is 0 Å². The maximum Gasteiger partial charge on any atom is 0.302 e. The van der Waals surface area contributed by atoms with E-state index in [0.717, 1.165) is 19.3 Å². The van der Waals surface area contributed by atoms with Crippen LogP contribution < -0.4 is 0 Å². The average molecular weight is 212 g/mol. The molecular weight excluding hydrogens is 196 g/mol. The van der Waals surface area contributed by atoms with Crippen LogP contribution in [0.15, 0.2) is 0 Å².